The Morgan fingerprint density at radius 1 is 1.29 bits per heavy atom. The van der Waals surface area contributed by atoms with E-state index in [9.17, 15) is 9.50 Å². The van der Waals surface area contributed by atoms with Gasteiger partial charge in [0, 0.05) is 11.6 Å². The number of rotatable bonds is 2. The number of phenolic OH excluding ortho intramolecular Hbond substituents is 1. The highest BCUT2D eigenvalue weighted by Gasteiger charge is 2.48. The molecule has 6 heteroatoms. The third-order valence-electron chi connectivity index (χ3n) is 4.91. The van der Waals surface area contributed by atoms with Crippen LogP contribution in [-0.2, 0) is 0 Å². The Bertz CT molecular complexity index is 685. The predicted octanol–water partition coefficient (Wildman–Crippen LogP) is 2.42. The third-order valence-corrected chi connectivity index (χ3v) is 4.91. The summed E-state index contributed by atoms with van der Waals surface area (Å²) < 4.78 is 18.8. The quantitative estimate of drug-likeness (QED) is 0.886. The molecule has 21 heavy (non-hydrogen) atoms. The van der Waals surface area contributed by atoms with Crippen molar-refractivity contribution in [2.24, 2.45) is 17.6 Å². The van der Waals surface area contributed by atoms with Gasteiger partial charge >= 0.3 is 0 Å². The smallest absolute Gasteiger partial charge is 0.231 e. The summed E-state index contributed by atoms with van der Waals surface area (Å²) in [5, 5.41) is 13.1. The molecule has 0 amide bonds. The van der Waals surface area contributed by atoms with E-state index in [1.54, 1.807) is 6.07 Å². The van der Waals surface area contributed by atoms with Crippen LogP contribution in [0.1, 0.15) is 31.1 Å². The van der Waals surface area contributed by atoms with Crippen LogP contribution in [0.15, 0.2) is 22.7 Å². The summed E-state index contributed by atoms with van der Waals surface area (Å²) in [6, 6.07) is 4.12. The van der Waals surface area contributed by atoms with E-state index in [-0.39, 0.29) is 12.0 Å². The first kappa shape index (κ1) is 12.8. The highest BCUT2D eigenvalue weighted by Crippen LogP contribution is 2.51. The third kappa shape index (κ3) is 1.93. The van der Waals surface area contributed by atoms with Crippen LogP contribution >= 0.6 is 0 Å². The zero-order chi connectivity index (χ0) is 14.6. The number of halogens is 1. The number of fused-ring (bicyclic) bond motifs is 2. The first-order valence-electron chi connectivity index (χ1n) is 7.21. The standard InChI is InChI=1S/C15H16FN3O2/c16-10-6-9(3-4-11(10)20)14-18-15(21-19-14)12-7-1-2-8(5-7)13(12)17/h3-4,6-8,12-13,20H,1-2,5,17H2. The number of benzene rings is 1. The van der Waals surface area contributed by atoms with Crippen molar-refractivity contribution < 1.29 is 14.0 Å². The Morgan fingerprint density at radius 3 is 2.81 bits per heavy atom. The predicted molar refractivity (Wildman–Crippen MR) is 72.9 cm³/mol. The molecule has 2 bridgehead atoms. The van der Waals surface area contributed by atoms with Gasteiger partial charge in [-0.3, -0.25) is 0 Å². The van der Waals surface area contributed by atoms with E-state index < -0.39 is 11.6 Å². The molecule has 4 atom stereocenters. The van der Waals surface area contributed by atoms with Crippen molar-refractivity contribution in [2.45, 2.75) is 31.2 Å². The van der Waals surface area contributed by atoms with Crippen LogP contribution < -0.4 is 5.73 Å². The minimum absolute atomic E-state index is 0.0774. The fourth-order valence-electron chi connectivity index (χ4n) is 3.84. The van der Waals surface area contributed by atoms with E-state index in [0.717, 1.165) is 12.8 Å². The Hall–Kier alpha value is -1.95. The normalized spacial score (nSPS) is 31.0. The van der Waals surface area contributed by atoms with Crippen LogP contribution in [0.4, 0.5) is 4.39 Å². The highest BCUT2D eigenvalue weighted by atomic mass is 19.1. The summed E-state index contributed by atoms with van der Waals surface area (Å²) in [6.45, 7) is 0. The fraction of sp³-hybridized carbons (Fsp3) is 0.467. The molecule has 4 rings (SSSR count). The van der Waals surface area contributed by atoms with Crippen molar-refractivity contribution >= 4 is 0 Å². The molecule has 2 aromatic rings. The highest BCUT2D eigenvalue weighted by molar-refractivity contribution is 5.56. The van der Waals surface area contributed by atoms with Crippen LogP contribution in [0.2, 0.25) is 0 Å². The first-order valence-corrected chi connectivity index (χ1v) is 7.21. The van der Waals surface area contributed by atoms with Gasteiger partial charge in [-0.05, 0) is 49.3 Å². The van der Waals surface area contributed by atoms with Crippen molar-refractivity contribution in [3.8, 4) is 17.1 Å². The number of hydrogen-bond donors (Lipinski definition) is 2. The minimum atomic E-state index is -0.699. The number of nitrogens with two attached hydrogens (primary N) is 1. The SMILES string of the molecule is NC1C2CCC(C2)C1c1nc(-c2ccc(O)c(F)c2)no1. The molecule has 3 N–H and O–H groups in total. The second-order valence-corrected chi connectivity index (χ2v) is 6.06. The maximum absolute atomic E-state index is 13.4. The summed E-state index contributed by atoms with van der Waals surface area (Å²) in [4.78, 5) is 4.40. The summed E-state index contributed by atoms with van der Waals surface area (Å²) in [6.07, 6.45) is 3.48. The second-order valence-electron chi connectivity index (χ2n) is 6.06. The van der Waals surface area contributed by atoms with Gasteiger partial charge in [-0.2, -0.15) is 4.98 Å². The molecule has 2 aliphatic carbocycles. The van der Waals surface area contributed by atoms with Crippen molar-refractivity contribution in [1.29, 1.82) is 0 Å². The molecule has 2 aliphatic rings. The number of nitrogens with zero attached hydrogens (tertiary/aromatic N) is 2. The summed E-state index contributed by atoms with van der Waals surface area (Å²) in [7, 11) is 0. The largest absolute Gasteiger partial charge is 0.505 e. The van der Waals surface area contributed by atoms with Crippen LogP contribution in [0.3, 0.4) is 0 Å². The number of phenols is 1. The number of hydrogen-bond acceptors (Lipinski definition) is 5. The molecular formula is C15H16FN3O2. The van der Waals surface area contributed by atoms with Crippen molar-refractivity contribution in [3.05, 3.63) is 29.9 Å². The Morgan fingerprint density at radius 2 is 2.10 bits per heavy atom. The van der Waals surface area contributed by atoms with Gasteiger partial charge in [0.2, 0.25) is 11.7 Å². The monoisotopic (exact) mass is 289 g/mol. The first-order chi connectivity index (χ1) is 10.1. The maximum atomic E-state index is 13.4. The van der Waals surface area contributed by atoms with E-state index in [4.69, 9.17) is 10.3 Å². The Balaban J connectivity index is 1.65. The summed E-state index contributed by atoms with van der Waals surface area (Å²) in [5.41, 5.74) is 6.75. The van der Waals surface area contributed by atoms with Gasteiger partial charge in [0.05, 0.1) is 5.92 Å². The molecule has 1 aromatic heterocycles. The van der Waals surface area contributed by atoms with E-state index in [2.05, 4.69) is 10.1 Å². The van der Waals surface area contributed by atoms with E-state index in [1.807, 2.05) is 0 Å². The fourth-order valence-corrected chi connectivity index (χ4v) is 3.84. The lowest BCUT2D eigenvalue weighted by molar-refractivity contribution is 0.279. The molecule has 110 valence electrons. The second kappa shape index (κ2) is 4.53. The maximum Gasteiger partial charge on any atom is 0.231 e. The van der Waals surface area contributed by atoms with Crippen LogP contribution in [-0.4, -0.2) is 21.3 Å². The average molecular weight is 289 g/mol. The zero-order valence-electron chi connectivity index (χ0n) is 11.4. The van der Waals surface area contributed by atoms with E-state index in [0.29, 0.717) is 29.1 Å². The molecule has 0 aliphatic heterocycles. The molecule has 0 radical (unpaired) electrons. The minimum Gasteiger partial charge on any atom is -0.505 e. The molecule has 0 saturated heterocycles. The van der Waals surface area contributed by atoms with Crippen molar-refractivity contribution in [3.63, 3.8) is 0 Å². The molecule has 2 saturated carbocycles. The van der Waals surface area contributed by atoms with Crippen molar-refractivity contribution in [1.82, 2.24) is 10.1 Å². The summed E-state index contributed by atoms with van der Waals surface area (Å²) in [5.74, 6) is 0.994. The van der Waals surface area contributed by atoms with Gasteiger partial charge in [0.1, 0.15) is 0 Å². The molecule has 5 nitrogen and oxygen atoms in total. The van der Waals surface area contributed by atoms with Crippen LogP contribution in [0, 0.1) is 17.7 Å². The van der Waals surface area contributed by atoms with Gasteiger partial charge in [0.15, 0.2) is 11.6 Å². The summed E-state index contributed by atoms with van der Waals surface area (Å²) >= 11 is 0. The van der Waals surface area contributed by atoms with Crippen molar-refractivity contribution in [2.75, 3.05) is 0 Å². The average Bonchev–Trinajstić information content (AvgIpc) is 3.16. The lowest BCUT2D eigenvalue weighted by atomic mass is 9.85. The van der Waals surface area contributed by atoms with Gasteiger partial charge in [-0.25, -0.2) is 4.39 Å². The van der Waals surface area contributed by atoms with E-state index in [1.165, 1.54) is 18.6 Å². The number of aromatic nitrogens is 2. The van der Waals surface area contributed by atoms with Gasteiger partial charge < -0.3 is 15.4 Å². The number of aromatic hydroxyl groups is 1. The Labute approximate surface area is 121 Å². The van der Waals surface area contributed by atoms with Gasteiger partial charge in [0.25, 0.3) is 0 Å². The van der Waals surface area contributed by atoms with E-state index >= 15 is 0 Å². The van der Waals surface area contributed by atoms with Crippen LogP contribution in [0.5, 0.6) is 5.75 Å². The molecule has 2 fully saturated rings. The molecular weight excluding hydrogens is 273 g/mol. The molecule has 1 aromatic carbocycles. The van der Waals surface area contributed by atoms with Gasteiger partial charge in [-0.1, -0.05) is 5.16 Å². The zero-order valence-corrected chi connectivity index (χ0v) is 11.4. The lowest BCUT2D eigenvalue weighted by Crippen LogP contribution is -2.34. The molecule has 1 heterocycles. The molecule has 4 unspecified atom stereocenters. The van der Waals surface area contributed by atoms with Gasteiger partial charge in [-0.15, -0.1) is 0 Å². The molecule has 0 spiro atoms. The lowest BCUT2D eigenvalue weighted by Gasteiger charge is -2.24. The topological polar surface area (TPSA) is 85.2 Å². The van der Waals surface area contributed by atoms with Crippen LogP contribution in [0.25, 0.3) is 11.4 Å². The Kier molecular flexibility index (Phi) is 2.75.